The molecule has 184 valence electrons. The highest BCUT2D eigenvalue weighted by atomic mass is 16.5. The number of allylic oxidation sites excluding steroid dienone is 1. The molecule has 4 rings (SSSR count). The molecular weight excluding hydrogens is 446 g/mol. The average molecular weight is 478 g/mol. The summed E-state index contributed by atoms with van der Waals surface area (Å²) in [6.07, 6.45) is 0.935. The molecule has 1 saturated carbocycles. The number of ether oxygens (including phenoxy) is 4. The van der Waals surface area contributed by atoms with Crippen LogP contribution in [-0.4, -0.2) is 45.4 Å². The van der Waals surface area contributed by atoms with Gasteiger partial charge in [-0.1, -0.05) is 24.3 Å². The molecule has 1 aliphatic heterocycles. The lowest BCUT2D eigenvalue weighted by atomic mass is 9.66. The van der Waals surface area contributed by atoms with Gasteiger partial charge in [0.15, 0.2) is 11.5 Å². The van der Waals surface area contributed by atoms with Crippen LogP contribution in [0, 0.1) is 5.92 Å². The second-order valence-corrected chi connectivity index (χ2v) is 8.71. The number of aliphatic imine (C=N–C) groups is 1. The van der Waals surface area contributed by atoms with E-state index in [9.17, 15) is 9.59 Å². The van der Waals surface area contributed by atoms with Crippen molar-refractivity contribution in [1.82, 2.24) is 0 Å². The van der Waals surface area contributed by atoms with Gasteiger partial charge in [0.2, 0.25) is 0 Å². The first kappa shape index (κ1) is 24.5. The van der Waals surface area contributed by atoms with Crippen LogP contribution in [0.25, 0.3) is 0 Å². The number of fused-ring (bicyclic) bond motifs is 1. The van der Waals surface area contributed by atoms with Crippen LogP contribution in [-0.2, 0) is 14.3 Å². The highest BCUT2D eigenvalue weighted by Crippen LogP contribution is 2.48. The van der Waals surface area contributed by atoms with E-state index in [0.29, 0.717) is 48.0 Å². The van der Waals surface area contributed by atoms with Gasteiger partial charge in [-0.05, 0) is 49.9 Å². The molecule has 1 aliphatic carbocycles. The van der Waals surface area contributed by atoms with Crippen LogP contribution in [0.1, 0.15) is 49.7 Å². The summed E-state index contributed by atoms with van der Waals surface area (Å²) in [6.45, 7) is 4.18. The van der Waals surface area contributed by atoms with Crippen LogP contribution in [0.4, 0.5) is 0 Å². The molecule has 0 bridgehead atoms. The van der Waals surface area contributed by atoms with Crippen molar-refractivity contribution in [2.24, 2.45) is 10.9 Å². The number of hydrogen-bond donors (Lipinski definition) is 0. The topological polar surface area (TPSA) is 83.4 Å². The van der Waals surface area contributed by atoms with Gasteiger partial charge in [-0.15, -0.1) is 0 Å². The summed E-state index contributed by atoms with van der Waals surface area (Å²) < 4.78 is 21.8. The molecule has 7 nitrogen and oxygen atoms in total. The highest BCUT2D eigenvalue weighted by molar-refractivity contribution is 6.12. The van der Waals surface area contributed by atoms with E-state index in [-0.39, 0.29) is 11.7 Å². The van der Waals surface area contributed by atoms with Crippen molar-refractivity contribution in [1.29, 1.82) is 0 Å². The van der Waals surface area contributed by atoms with Crippen LogP contribution in [0.15, 0.2) is 58.7 Å². The molecule has 0 aromatic heterocycles. The number of esters is 1. The normalized spacial score (nSPS) is 21.7. The van der Waals surface area contributed by atoms with Crippen molar-refractivity contribution in [3.8, 4) is 17.2 Å². The number of methoxy groups -OCH3 is 3. The third-order valence-corrected chi connectivity index (χ3v) is 6.79. The molecule has 2 aromatic rings. The van der Waals surface area contributed by atoms with E-state index in [2.05, 4.69) is 0 Å². The summed E-state index contributed by atoms with van der Waals surface area (Å²) in [5.74, 6) is 0.370. The first-order valence-electron chi connectivity index (χ1n) is 11.8. The molecular formula is C28H31NO6. The average Bonchev–Trinajstić information content (AvgIpc) is 2.87. The summed E-state index contributed by atoms with van der Waals surface area (Å²) in [4.78, 5) is 31.4. The van der Waals surface area contributed by atoms with E-state index in [1.54, 1.807) is 21.1 Å². The van der Waals surface area contributed by atoms with Crippen LogP contribution >= 0.6 is 0 Å². The van der Waals surface area contributed by atoms with Crippen LogP contribution in [0.5, 0.6) is 17.2 Å². The zero-order chi connectivity index (χ0) is 25.1. The van der Waals surface area contributed by atoms with E-state index in [4.69, 9.17) is 23.9 Å². The summed E-state index contributed by atoms with van der Waals surface area (Å²) in [5.41, 5.74) is 3.54. The molecule has 0 spiro atoms. The van der Waals surface area contributed by atoms with Crippen LogP contribution < -0.4 is 14.2 Å². The highest BCUT2D eigenvalue weighted by Gasteiger charge is 2.46. The van der Waals surface area contributed by atoms with Crippen molar-refractivity contribution in [2.45, 2.75) is 38.5 Å². The van der Waals surface area contributed by atoms with Gasteiger partial charge in [0.05, 0.1) is 39.4 Å². The van der Waals surface area contributed by atoms with Gasteiger partial charge in [-0.3, -0.25) is 9.79 Å². The second kappa shape index (κ2) is 10.3. The minimum atomic E-state index is -0.550. The Labute approximate surface area is 205 Å². The molecule has 7 heteroatoms. The van der Waals surface area contributed by atoms with E-state index in [1.807, 2.05) is 49.4 Å². The third-order valence-electron chi connectivity index (χ3n) is 6.79. The van der Waals surface area contributed by atoms with Gasteiger partial charge in [-0.25, -0.2) is 4.79 Å². The SMILES string of the molecule is CCOc1ccccc1[C@@H]1C(C(=O)OC)=C(C)N=C2C[C@@H](c3ccc(OC)c(OC)c3)CC(=O)C21. The van der Waals surface area contributed by atoms with Crippen molar-refractivity contribution in [3.63, 3.8) is 0 Å². The van der Waals surface area contributed by atoms with E-state index in [0.717, 1.165) is 16.8 Å². The maximum Gasteiger partial charge on any atom is 0.336 e. The predicted molar refractivity (Wildman–Crippen MR) is 133 cm³/mol. The predicted octanol–water partition coefficient (Wildman–Crippen LogP) is 4.85. The molecule has 0 amide bonds. The van der Waals surface area contributed by atoms with Gasteiger partial charge in [-0.2, -0.15) is 0 Å². The molecule has 0 N–H and O–H groups in total. The molecule has 1 fully saturated rings. The zero-order valence-electron chi connectivity index (χ0n) is 20.8. The molecule has 35 heavy (non-hydrogen) atoms. The maximum atomic E-state index is 13.8. The first-order valence-corrected chi connectivity index (χ1v) is 11.8. The van der Waals surface area contributed by atoms with Gasteiger partial charge in [0.1, 0.15) is 11.5 Å². The standard InChI is InChI=1S/C28H31NO6/c1-6-35-22-10-8-7-9-19(22)26-25(28(31)34-5)16(2)29-20-13-18(14-21(30)27(20)26)17-11-12-23(32-3)24(15-17)33-4/h7-12,15,18,26-27H,6,13-14H2,1-5H3/t18-,26-,27?/m1/s1. The Balaban J connectivity index is 1.79. The number of Topliss-reactive ketones (excluding diaryl/α,β-unsaturated/α-hetero) is 1. The third kappa shape index (κ3) is 4.55. The quantitative estimate of drug-likeness (QED) is 0.530. The van der Waals surface area contributed by atoms with Crippen molar-refractivity contribution >= 4 is 17.5 Å². The fraction of sp³-hybridized carbons (Fsp3) is 0.393. The molecule has 2 aliphatic rings. The second-order valence-electron chi connectivity index (χ2n) is 8.71. The number of ketones is 1. The Morgan fingerprint density at radius 3 is 2.40 bits per heavy atom. The summed E-state index contributed by atoms with van der Waals surface area (Å²) in [5, 5.41) is 0. The number of rotatable bonds is 7. The lowest BCUT2D eigenvalue weighted by Gasteiger charge is -2.38. The number of nitrogens with zero attached hydrogens (tertiary/aromatic N) is 1. The number of benzene rings is 2. The molecule has 3 atom stereocenters. The van der Waals surface area contributed by atoms with Gasteiger partial charge in [0, 0.05) is 29.3 Å². The molecule has 1 heterocycles. The Bertz CT molecular complexity index is 1200. The molecule has 1 unspecified atom stereocenters. The molecule has 2 aromatic carbocycles. The number of carbonyl (C=O) groups is 2. The number of hydrogen-bond acceptors (Lipinski definition) is 7. The maximum absolute atomic E-state index is 13.8. The zero-order valence-corrected chi connectivity index (χ0v) is 20.8. The molecule has 0 saturated heterocycles. The van der Waals surface area contributed by atoms with E-state index in [1.165, 1.54) is 7.11 Å². The van der Waals surface area contributed by atoms with E-state index < -0.39 is 17.8 Å². The van der Waals surface area contributed by atoms with Gasteiger partial charge < -0.3 is 18.9 Å². The van der Waals surface area contributed by atoms with E-state index >= 15 is 0 Å². The molecule has 0 radical (unpaired) electrons. The Morgan fingerprint density at radius 1 is 0.971 bits per heavy atom. The largest absolute Gasteiger partial charge is 0.494 e. The Hall–Kier alpha value is -3.61. The first-order chi connectivity index (χ1) is 16.9. The number of carbonyl (C=O) groups excluding carboxylic acids is 2. The fourth-order valence-electron chi connectivity index (χ4n) is 5.25. The number of para-hydroxylation sites is 1. The Morgan fingerprint density at radius 2 is 1.71 bits per heavy atom. The summed E-state index contributed by atoms with van der Waals surface area (Å²) >= 11 is 0. The fourth-order valence-corrected chi connectivity index (χ4v) is 5.25. The van der Waals surface area contributed by atoms with Gasteiger partial charge >= 0.3 is 5.97 Å². The smallest absolute Gasteiger partial charge is 0.336 e. The Kier molecular flexibility index (Phi) is 7.24. The van der Waals surface area contributed by atoms with Crippen LogP contribution in [0.2, 0.25) is 0 Å². The summed E-state index contributed by atoms with van der Waals surface area (Å²) in [6, 6.07) is 13.3. The van der Waals surface area contributed by atoms with Crippen molar-refractivity contribution < 1.29 is 28.5 Å². The monoisotopic (exact) mass is 477 g/mol. The minimum Gasteiger partial charge on any atom is -0.494 e. The van der Waals surface area contributed by atoms with Crippen molar-refractivity contribution in [3.05, 3.63) is 64.9 Å². The summed E-state index contributed by atoms with van der Waals surface area (Å²) in [7, 11) is 4.54. The lowest BCUT2D eigenvalue weighted by molar-refractivity contribution is -0.136. The van der Waals surface area contributed by atoms with Crippen molar-refractivity contribution in [2.75, 3.05) is 27.9 Å². The van der Waals surface area contributed by atoms with Gasteiger partial charge in [0.25, 0.3) is 0 Å². The minimum absolute atomic E-state index is 0.0417. The van der Waals surface area contributed by atoms with Crippen LogP contribution in [0.3, 0.4) is 0 Å². The lowest BCUT2D eigenvalue weighted by Crippen LogP contribution is -2.41.